The Hall–Kier alpha value is -2.63. The van der Waals surface area contributed by atoms with Gasteiger partial charge in [-0.2, -0.15) is 0 Å². The summed E-state index contributed by atoms with van der Waals surface area (Å²) in [6.07, 6.45) is 2.17. The minimum Gasteiger partial charge on any atom is -0.340 e. The summed E-state index contributed by atoms with van der Waals surface area (Å²) in [7, 11) is 1.64. The standard InChI is InChI=1S/C14H13N3O3/c1-15-9-11(17(19)20)8-13(15)14(18)16-7-6-10-4-2-3-5-12(10)16/h2-5,8-9H,6-7H2,1H3. The second kappa shape index (κ2) is 4.48. The Morgan fingerprint density at radius 1 is 1.35 bits per heavy atom. The maximum atomic E-state index is 12.5. The second-order valence-electron chi connectivity index (χ2n) is 4.79. The summed E-state index contributed by atoms with van der Waals surface area (Å²) in [6, 6.07) is 9.05. The van der Waals surface area contributed by atoms with Gasteiger partial charge in [-0.15, -0.1) is 0 Å². The molecule has 102 valence electrons. The molecule has 0 saturated carbocycles. The van der Waals surface area contributed by atoms with Gasteiger partial charge in [0.2, 0.25) is 0 Å². The van der Waals surface area contributed by atoms with E-state index in [4.69, 9.17) is 0 Å². The Morgan fingerprint density at radius 3 is 2.80 bits per heavy atom. The Bertz CT molecular complexity index is 705. The number of carbonyl (C=O) groups excluding carboxylic acids is 1. The van der Waals surface area contributed by atoms with E-state index in [2.05, 4.69) is 0 Å². The van der Waals surface area contributed by atoms with Crippen molar-refractivity contribution in [3.8, 4) is 0 Å². The molecule has 0 saturated heterocycles. The quantitative estimate of drug-likeness (QED) is 0.620. The van der Waals surface area contributed by atoms with Gasteiger partial charge in [0.05, 0.1) is 11.1 Å². The van der Waals surface area contributed by atoms with Crippen LogP contribution in [0.4, 0.5) is 11.4 Å². The van der Waals surface area contributed by atoms with Gasteiger partial charge >= 0.3 is 0 Å². The number of hydrogen-bond acceptors (Lipinski definition) is 3. The Balaban J connectivity index is 1.97. The smallest absolute Gasteiger partial charge is 0.287 e. The van der Waals surface area contributed by atoms with Crippen molar-refractivity contribution < 1.29 is 9.72 Å². The van der Waals surface area contributed by atoms with E-state index in [1.807, 2.05) is 24.3 Å². The van der Waals surface area contributed by atoms with Gasteiger partial charge in [0, 0.05) is 25.3 Å². The molecule has 0 bridgehead atoms. The number of anilines is 1. The molecule has 1 aliphatic rings. The highest BCUT2D eigenvalue weighted by Gasteiger charge is 2.28. The van der Waals surface area contributed by atoms with Crippen molar-refractivity contribution in [3.63, 3.8) is 0 Å². The van der Waals surface area contributed by atoms with Crippen LogP contribution in [0, 0.1) is 10.1 Å². The maximum Gasteiger partial charge on any atom is 0.287 e. The second-order valence-corrected chi connectivity index (χ2v) is 4.79. The van der Waals surface area contributed by atoms with E-state index in [1.165, 1.54) is 16.8 Å². The monoisotopic (exact) mass is 271 g/mol. The highest BCUT2D eigenvalue weighted by molar-refractivity contribution is 6.06. The number of benzene rings is 1. The molecule has 0 aliphatic carbocycles. The number of nitrogens with zero attached hydrogens (tertiary/aromatic N) is 3. The molecule has 0 radical (unpaired) electrons. The van der Waals surface area contributed by atoms with Gasteiger partial charge in [0.1, 0.15) is 5.69 Å². The van der Waals surface area contributed by atoms with Crippen LogP contribution in [0.5, 0.6) is 0 Å². The molecule has 0 atom stereocenters. The van der Waals surface area contributed by atoms with Crippen LogP contribution in [0.2, 0.25) is 0 Å². The molecule has 20 heavy (non-hydrogen) atoms. The third-order valence-corrected chi connectivity index (χ3v) is 3.55. The molecule has 0 fully saturated rings. The number of nitro groups is 1. The van der Waals surface area contributed by atoms with Crippen LogP contribution in [-0.4, -0.2) is 21.9 Å². The van der Waals surface area contributed by atoms with Crippen LogP contribution >= 0.6 is 0 Å². The van der Waals surface area contributed by atoms with Crippen LogP contribution in [0.25, 0.3) is 0 Å². The Kier molecular flexibility index (Phi) is 2.78. The van der Waals surface area contributed by atoms with Gasteiger partial charge in [-0.25, -0.2) is 0 Å². The zero-order valence-corrected chi connectivity index (χ0v) is 10.9. The van der Waals surface area contributed by atoms with E-state index in [-0.39, 0.29) is 11.6 Å². The molecule has 0 N–H and O–H groups in total. The topological polar surface area (TPSA) is 68.4 Å². The highest BCUT2D eigenvalue weighted by atomic mass is 16.6. The van der Waals surface area contributed by atoms with E-state index in [9.17, 15) is 14.9 Å². The lowest BCUT2D eigenvalue weighted by Gasteiger charge is -2.17. The van der Waals surface area contributed by atoms with Gasteiger partial charge in [-0.1, -0.05) is 18.2 Å². The number of amides is 1. The van der Waals surface area contributed by atoms with Gasteiger partial charge in [-0.05, 0) is 18.1 Å². The zero-order valence-electron chi connectivity index (χ0n) is 10.9. The minimum atomic E-state index is -0.491. The molecule has 6 nitrogen and oxygen atoms in total. The summed E-state index contributed by atoms with van der Waals surface area (Å²) in [5, 5.41) is 10.8. The fourth-order valence-electron chi connectivity index (χ4n) is 2.55. The van der Waals surface area contributed by atoms with Crippen molar-refractivity contribution >= 4 is 17.3 Å². The van der Waals surface area contributed by atoms with E-state index < -0.39 is 4.92 Å². The highest BCUT2D eigenvalue weighted by Crippen LogP contribution is 2.29. The average molecular weight is 271 g/mol. The van der Waals surface area contributed by atoms with Crippen LogP contribution < -0.4 is 4.90 Å². The fourth-order valence-corrected chi connectivity index (χ4v) is 2.55. The number of rotatable bonds is 2. The zero-order chi connectivity index (χ0) is 14.3. The number of carbonyl (C=O) groups is 1. The van der Waals surface area contributed by atoms with Crippen molar-refractivity contribution in [3.05, 3.63) is 57.9 Å². The number of fused-ring (bicyclic) bond motifs is 1. The van der Waals surface area contributed by atoms with Crippen molar-refractivity contribution in [2.75, 3.05) is 11.4 Å². The molecule has 2 heterocycles. The first-order chi connectivity index (χ1) is 9.58. The summed E-state index contributed by atoms with van der Waals surface area (Å²) in [4.78, 5) is 24.5. The van der Waals surface area contributed by atoms with E-state index in [1.54, 1.807) is 11.9 Å². The van der Waals surface area contributed by atoms with Gasteiger partial charge in [-0.3, -0.25) is 14.9 Å². The first-order valence-corrected chi connectivity index (χ1v) is 6.28. The summed E-state index contributed by atoms with van der Waals surface area (Å²) in [6.45, 7) is 0.608. The first kappa shape index (κ1) is 12.4. The molecule has 1 aromatic carbocycles. The van der Waals surface area contributed by atoms with Gasteiger partial charge in [0.15, 0.2) is 0 Å². The van der Waals surface area contributed by atoms with Crippen LogP contribution in [-0.2, 0) is 13.5 Å². The fraction of sp³-hybridized carbons (Fsp3) is 0.214. The van der Waals surface area contributed by atoms with E-state index in [0.717, 1.165) is 17.7 Å². The van der Waals surface area contributed by atoms with Crippen LogP contribution in [0.15, 0.2) is 36.5 Å². The molecular formula is C14H13N3O3. The third-order valence-electron chi connectivity index (χ3n) is 3.55. The summed E-state index contributed by atoms with van der Waals surface area (Å²) in [5.41, 5.74) is 2.28. The molecule has 1 amide bonds. The number of para-hydroxylation sites is 1. The average Bonchev–Trinajstić information content (AvgIpc) is 3.01. The predicted molar refractivity (Wildman–Crippen MR) is 73.9 cm³/mol. The van der Waals surface area contributed by atoms with E-state index >= 15 is 0 Å². The number of aryl methyl sites for hydroxylation is 1. The van der Waals surface area contributed by atoms with Crippen molar-refractivity contribution in [2.45, 2.75) is 6.42 Å². The molecule has 1 aliphatic heterocycles. The maximum absolute atomic E-state index is 12.5. The predicted octanol–water partition coefficient (Wildman–Crippen LogP) is 2.14. The molecule has 1 aromatic heterocycles. The van der Waals surface area contributed by atoms with Gasteiger partial charge in [0.25, 0.3) is 11.6 Å². The first-order valence-electron chi connectivity index (χ1n) is 6.28. The summed E-state index contributed by atoms with van der Waals surface area (Å²) < 4.78 is 1.50. The van der Waals surface area contributed by atoms with Crippen LogP contribution in [0.1, 0.15) is 16.1 Å². The molecular weight excluding hydrogens is 258 g/mol. The van der Waals surface area contributed by atoms with Gasteiger partial charge < -0.3 is 9.47 Å². The lowest BCUT2D eigenvalue weighted by molar-refractivity contribution is -0.384. The number of hydrogen-bond donors (Lipinski definition) is 0. The van der Waals surface area contributed by atoms with Crippen molar-refractivity contribution in [1.82, 2.24) is 4.57 Å². The lowest BCUT2D eigenvalue weighted by Crippen LogP contribution is -2.30. The van der Waals surface area contributed by atoms with Crippen LogP contribution in [0.3, 0.4) is 0 Å². The Morgan fingerprint density at radius 2 is 2.10 bits per heavy atom. The minimum absolute atomic E-state index is 0.0664. The summed E-state index contributed by atoms with van der Waals surface area (Å²) in [5.74, 6) is -0.203. The molecule has 0 unspecified atom stereocenters. The SMILES string of the molecule is Cn1cc([N+](=O)[O-])cc1C(=O)N1CCc2ccccc21. The normalized spacial score (nSPS) is 13.3. The third kappa shape index (κ3) is 1.85. The largest absolute Gasteiger partial charge is 0.340 e. The molecule has 2 aromatic rings. The van der Waals surface area contributed by atoms with E-state index in [0.29, 0.717) is 12.2 Å². The molecule has 3 rings (SSSR count). The summed E-state index contributed by atoms with van der Waals surface area (Å²) >= 11 is 0. The lowest BCUT2D eigenvalue weighted by atomic mass is 10.2. The molecule has 6 heteroatoms. The number of aromatic nitrogens is 1. The Labute approximate surface area is 115 Å². The van der Waals surface area contributed by atoms with Crippen molar-refractivity contribution in [2.24, 2.45) is 7.05 Å². The molecule has 0 spiro atoms. The van der Waals surface area contributed by atoms with Crippen molar-refractivity contribution in [1.29, 1.82) is 0 Å².